The molecule has 1 atom stereocenters. The zero-order valence-corrected chi connectivity index (χ0v) is 12.3. The van der Waals surface area contributed by atoms with E-state index >= 15 is 0 Å². The standard InChI is InChI=1S/C16H16N6O/c17-14(10-11-4-2-1-3-5-11)16(23)18-13-8-6-12(7-9-13)15-19-21-22-20-15/h1-9,14H,10,17H2,(H,18,23)(H,19,20,21,22). The molecule has 0 aliphatic heterocycles. The number of H-pyrrole nitrogens is 1. The Hall–Kier alpha value is -3.06. The van der Waals surface area contributed by atoms with Crippen molar-refractivity contribution in [3.8, 4) is 11.4 Å². The summed E-state index contributed by atoms with van der Waals surface area (Å²) in [5, 5.41) is 16.5. The number of anilines is 1. The number of tetrazole rings is 1. The van der Waals surface area contributed by atoms with Crippen LogP contribution in [-0.4, -0.2) is 32.6 Å². The van der Waals surface area contributed by atoms with Gasteiger partial charge < -0.3 is 11.1 Å². The van der Waals surface area contributed by atoms with Gasteiger partial charge in [-0.3, -0.25) is 4.79 Å². The molecule has 0 fully saturated rings. The molecule has 0 saturated heterocycles. The Morgan fingerprint density at radius 2 is 1.87 bits per heavy atom. The fourth-order valence-corrected chi connectivity index (χ4v) is 2.18. The zero-order valence-electron chi connectivity index (χ0n) is 12.3. The molecule has 0 bridgehead atoms. The Labute approximate surface area is 132 Å². The molecule has 23 heavy (non-hydrogen) atoms. The number of aromatic nitrogens is 4. The van der Waals surface area contributed by atoms with Crippen LogP contribution in [0.4, 0.5) is 5.69 Å². The van der Waals surface area contributed by atoms with Gasteiger partial charge in [-0.1, -0.05) is 30.3 Å². The Bertz CT molecular complexity index is 755. The number of nitrogens with two attached hydrogens (primary N) is 1. The molecule has 3 aromatic rings. The number of carbonyl (C=O) groups is 1. The molecule has 7 heteroatoms. The molecule has 0 spiro atoms. The summed E-state index contributed by atoms with van der Waals surface area (Å²) in [6.45, 7) is 0. The SMILES string of the molecule is NC(Cc1ccccc1)C(=O)Nc1ccc(-c2nn[nH]n2)cc1. The van der Waals surface area contributed by atoms with Crippen LogP contribution < -0.4 is 11.1 Å². The number of amides is 1. The third-order valence-electron chi connectivity index (χ3n) is 3.39. The van der Waals surface area contributed by atoms with Crippen molar-refractivity contribution >= 4 is 11.6 Å². The highest BCUT2D eigenvalue weighted by Crippen LogP contribution is 2.17. The van der Waals surface area contributed by atoms with E-state index in [-0.39, 0.29) is 5.91 Å². The quantitative estimate of drug-likeness (QED) is 0.659. The highest BCUT2D eigenvalue weighted by molar-refractivity contribution is 5.95. The van der Waals surface area contributed by atoms with E-state index in [0.717, 1.165) is 11.1 Å². The summed E-state index contributed by atoms with van der Waals surface area (Å²) in [5.41, 5.74) is 8.47. The summed E-state index contributed by atoms with van der Waals surface area (Å²) < 4.78 is 0. The molecular formula is C16H16N6O. The topological polar surface area (TPSA) is 110 Å². The number of rotatable bonds is 5. The summed E-state index contributed by atoms with van der Waals surface area (Å²) in [4.78, 5) is 12.2. The second kappa shape index (κ2) is 6.80. The number of benzene rings is 2. The molecule has 0 radical (unpaired) electrons. The Morgan fingerprint density at radius 3 is 2.52 bits per heavy atom. The lowest BCUT2D eigenvalue weighted by Crippen LogP contribution is -2.37. The van der Waals surface area contributed by atoms with Crippen LogP contribution in [0, 0.1) is 0 Å². The molecule has 0 saturated carbocycles. The first-order chi connectivity index (χ1) is 11.2. The van der Waals surface area contributed by atoms with Gasteiger partial charge in [0, 0.05) is 11.3 Å². The fourth-order valence-electron chi connectivity index (χ4n) is 2.18. The molecule has 7 nitrogen and oxygen atoms in total. The Kier molecular flexibility index (Phi) is 4.39. The number of hydrogen-bond donors (Lipinski definition) is 3. The predicted octanol–water partition coefficient (Wildman–Crippen LogP) is 1.38. The summed E-state index contributed by atoms with van der Waals surface area (Å²) in [6.07, 6.45) is 0.494. The maximum atomic E-state index is 12.2. The third kappa shape index (κ3) is 3.78. The molecule has 1 aromatic heterocycles. The minimum atomic E-state index is -0.603. The smallest absolute Gasteiger partial charge is 0.241 e. The average Bonchev–Trinajstić information content (AvgIpc) is 3.11. The van der Waals surface area contributed by atoms with Crippen LogP contribution in [0.3, 0.4) is 0 Å². The van der Waals surface area contributed by atoms with E-state index in [1.807, 2.05) is 42.5 Å². The van der Waals surface area contributed by atoms with Crippen molar-refractivity contribution in [1.82, 2.24) is 20.6 Å². The molecule has 2 aromatic carbocycles. The van der Waals surface area contributed by atoms with Crippen molar-refractivity contribution in [2.45, 2.75) is 12.5 Å². The first-order valence-corrected chi connectivity index (χ1v) is 7.16. The highest BCUT2D eigenvalue weighted by Gasteiger charge is 2.14. The Balaban J connectivity index is 1.61. The fraction of sp³-hybridized carbons (Fsp3) is 0.125. The molecule has 116 valence electrons. The summed E-state index contributed by atoms with van der Waals surface area (Å²) >= 11 is 0. The van der Waals surface area contributed by atoms with Crippen molar-refractivity contribution in [2.24, 2.45) is 5.73 Å². The van der Waals surface area contributed by atoms with Gasteiger partial charge >= 0.3 is 0 Å². The molecule has 1 heterocycles. The minimum Gasteiger partial charge on any atom is -0.325 e. The van der Waals surface area contributed by atoms with Crippen LogP contribution in [0.5, 0.6) is 0 Å². The molecule has 4 N–H and O–H groups in total. The molecular weight excluding hydrogens is 292 g/mol. The van der Waals surface area contributed by atoms with Gasteiger partial charge in [0.15, 0.2) is 0 Å². The van der Waals surface area contributed by atoms with E-state index in [2.05, 4.69) is 25.9 Å². The predicted molar refractivity (Wildman–Crippen MR) is 86.4 cm³/mol. The van der Waals surface area contributed by atoms with Crippen LogP contribution >= 0.6 is 0 Å². The number of nitrogens with one attached hydrogen (secondary N) is 2. The molecule has 0 aliphatic carbocycles. The maximum absolute atomic E-state index is 12.2. The monoisotopic (exact) mass is 308 g/mol. The lowest BCUT2D eigenvalue weighted by molar-refractivity contribution is -0.117. The largest absolute Gasteiger partial charge is 0.325 e. The van der Waals surface area contributed by atoms with E-state index in [1.54, 1.807) is 12.1 Å². The lowest BCUT2D eigenvalue weighted by atomic mass is 10.1. The summed E-state index contributed by atoms with van der Waals surface area (Å²) in [5.74, 6) is 0.282. The summed E-state index contributed by atoms with van der Waals surface area (Å²) in [6, 6.07) is 16.3. The van der Waals surface area contributed by atoms with Gasteiger partial charge in [0.2, 0.25) is 11.7 Å². The number of hydrogen-bond acceptors (Lipinski definition) is 5. The summed E-state index contributed by atoms with van der Waals surface area (Å²) in [7, 11) is 0. The lowest BCUT2D eigenvalue weighted by Gasteiger charge is -2.12. The highest BCUT2D eigenvalue weighted by atomic mass is 16.2. The van der Waals surface area contributed by atoms with Crippen LogP contribution in [-0.2, 0) is 11.2 Å². The third-order valence-corrected chi connectivity index (χ3v) is 3.39. The van der Waals surface area contributed by atoms with Crippen LogP contribution in [0.2, 0.25) is 0 Å². The maximum Gasteiger partial charge on any atom is 0.241 e. The van der Waals surface area contributed by atoms with E-state index < -0.39 is 6.04 Å². The van der Waals surface area contributed by atoms with Gasteiger partial charge in [0.05, 0.1) is 6.04 Å². The van der Waals surface area contributed by atoms with Crippen molar-refractivity contribution in [1.29, 1.82) is 0 Å². The van der Waals surface area contributed by atoms with E-state index in [4.69, 9.17) is 5.73 Å². The average molecular weight is 308 g/mol. The molecule has 3 rings (SSSR count). The van der Waals surface area contributed by atoms with Gasteiger partial charge in [-0.2, -0.15) is 5.21 Å². The van der Waals surface area contributed by atoms with E-state index in [9.17, 15) is 4.79 Å². The minimum absolute atomic E-state index is 0.221. The van der Waals surface area contributed by atoms with Gasteiger partial charge in [-0.05, 0) is 41.5 Å². The second-order valence-electron chi connectivity index (χ2n) is 5.10. The van der Waals surface area contributed by atoms with Crippen LogP contribution in [0.1, 0.15) is 5.56 Å². The number of carbonyl (C=O) groups excluding carboxylic acids is 1. The van der Waals surface area contributed by atoms with Crippen molar-refractivity contribution in [2.75, 3.05) is 5.32 Å². The van der Waals surface area contributed by atoms with Gasteiger partial charge in [0.1, 0.15) is 0 Å². The zero-order chi connectivity index (χ0) is 16.1. The van der Waals surface area contributed by atoms with Crippen LogP contribution in [0.25, 0.3) is 11.4 Å². The number of nitrogens with zero attached hydrogens (tertiary/aromatic N) is 3. The Morgan fingerprint density at radius 1 is 1.13 bits per heavy atom. The van der Waals surface area contributed by atoms with E-state index in [0.29, 0.717) is 17.9 Å². The first kappa shape index (κ1) is 14.9. The number of aromatic amines is 1. The van der Waals surface area contributed by atoms with Gasteiger partial charge in [0.25, 0.3) is 0 Å². The second-order valence-corrected chi connectivity index (χ2v) is 5.10. The molecule has 1 amide bonds. The van der Waals surface area contributed by atoms with Crippen LogP contribution in [0.15, 0.2) is 54.6 Å². The first-order valence-electron chi connectivity index (χ1n) is 7.16. The van der Waals surface area contributed by atoms with E-state index in [1.165, 1.54) is 0 Å². The van der Waals surface area contributed by atoms with Crippen molar-refractivity contribution in [3.63, 3.8) is 0 Å². The molecule has 1 unspecified atom stereocenters. The van der Waals surface area contributed by atoms with Gasteiger partial charge in [-0.25, -0.2) is 0 Å². The van der Waals surface area contributed by atoms with Gasteiger partial charge in [-0.15, -0.1) is 10.2 Å². The van der Waals surface area contributed by atoms with Crippen molar-refractivity contribution < 1.29 is 4.79 Å². The van der Waals surface area contributed by atoms with Crippen molar-refractivity contribution in [3.05, 3.63) is 60.2 Å². The normalized spacial score (nSPS) is 11.9. The molecule has 0 aliphatic rings.